The summed E-state index contributed by atoms with van der Waals surface area (Å²) in [6.07, 6.45) is 0.634. The summed E-state index contributed by atoms with van der Waals surface area (Å²) in [6, 6.07) is 5.81. The largest absolute Gasteiger partial charge is 0.464 e. The number of hydrogen-bond donors (Lipinski definition) is 1. The van der Waals surface area contributed by atoms with Crippen LogP contribution in [0.4, 0.5) is 4.79 Å². The lowest BCUT2D eigenvalue weighted by Gasteiger charge is -2.05. The number of aromatic nitrogens is 1. The molecule has 0 spiro atoms. The van der Waals surface area contributed by atoms with Crippen molar-refractivity contribution in [3.05, 3.63) is 35.5 Å². The fourth-order valence-electron chi connectivity index (χ4n) is 1.80. The lowest BCUT2D eigenvalue weighted by Crippen LogP contribution is -2.06. The van der Waals surface area contributed by atoms with E-state index in [4.69, 9.17) is 5.11 Å². The topological polar surface area (TPSA) is 42.2 Å². The summed E-state index contributed by atoms with van der Waals surface area (Å²) in [4.78, 5) is 11.0. The third-order valence-electron chi connectivity index (χ3n) is 2.36. The zero-order valence-electron chi connectivity index (χ0n) is 8.20. The lowest BCUT2D eigenvalue weighted by atomic mass is 10.1. The molecule has 15 heavy (non-hydrogen) atoms. The second-order valence-electron chi connectivity index (χ2n) is 3.46. The summed E-state index contributed by atoms with van der Waals surface area (Å²) >= 11 is 3.37. The molecule has 0 saturated carbocycles. The fraction of sp³-hybridized carbons (Fsp3) is 0.182. The van der Waals surface area contributed by atoms with Crippen molar-refractivity contribution >= 4 is 32.9 Å². The van der Waals surface area contributed by atoms with Gasteiger partial charge < -0.3 is 5.11 Å². The van der Waals surface area contributed by atoms with Gasteiger partial charge in [0.2, 0.25) is 0 Å². The van der Waals surface area contributed by atoms with Gasteiger partial charge in [-0.1, -0.05) is 27.6 Å². The molecule has 3 nitrogen and oxygen atoms in total. The number of carboxylic acid groups (broad SMARTS) is 1. The van der Waals surface area contributed by atoms with Gasteiger partial charge in [-0.3, -0.25) is 4.57 Å². The minimum atomic E-state index is -0.948. The van der Waals surface area contributed by atoms with Gasteiger partial charge in [0, 0.05) is 16.9 Å². The molecule has 0 unspecified atom stereocenters. The molecule has 1 N–H and O–H groups in total. The van der Waals surface area contributed by atoms with Crippen molar-refractivity contribution in [3.8, 4) is 0 Å². The Hall–Kier alpha value is -1.29. The van der Waals surface area contributed by atoms with Crippen molar-refractivity contribution in [1.29, 1.82) is 0 Å². The van der Waals surface area contributed by atoms with Gasteiger partial charge >= 0.3 is 6.09 Å². The molecule has 1 aromatic heterocycles. The maximum absolute atomic E-state index is 11.0. The Labute approximate surface area is 95.5 Å². The van der Waals surface area contributed by atoms with E-state index in [1.165, 1.54) is 4.57 Å². The first-order chi connectivity index (χ1) is 7.13. The Bertz CT molecular complexity index is 531. The van der Waals surface area contributed by atoms with Crippen LogP contribution in [0.3, 0.4) is 0 Å². The molecule has 0 saturated heterocycles. The van der Waals surface area contributed by atoms with E-state index < -0.39 is 6.09 Å². The van der Waals surface area contributed by atoms with Crippen LogP contribution in [-0.2, 0) is 5.33 Å². The van der Waals surface area contributed by atoms with E-state index in [2.05, 4.69) is 15.9 Å². The SMILES string of the molecule is Cc1cc(CBr)c2c(ccn2C(=O)O)c1. The zero-order valence-corrected chi connectivity index (χ0v) is 9.78. The Morgan fingerprint density at radius 3 is 2.87 bits per heavy atom. The summed E-state index contributed by atoms with van der Waals surface area (Å²) in [5.74, 6) is 0. The van der Waals surface area contributed by atoms with Gasteiger partial charge in [0.05, 0.1) is 5.52 Å². The number of hydrogen-bond acceptors (Lipinski definition) is 1. The molecule has 1 heterocycles. The molecular formula is C11H10BrNO2. The predicted molar refractivity (Wildman–Crippen MR) is 62.7 cm³/mol. The lowest BCUT2D eigenvalue weighted by molar-refractivity contribution is 0.197. The molecule has 0 aliphatic carbocycles. The maximum atomic E-state index is 11.0. The first kappa shape index (κ1) is 10.2. The molecule has 4 heteroatoms. The van der Waals surface area contributed by atoms with Gasteiger partial charge in [0.1, 0.15) is 0 Å². The van der Waals surface area contributed by atoms with Crippen LogP contribution in [-0.4, -0.2) is 15.8 Å². The van der Waals surface area contributed by atoms with Crippen molar-refractivity contribution in [3.63, 3.8) is 0 Å². The van der Waals surface area contributed by atoms with Gasteiger partial charge in [-0.2, -0.15) is 0 Å². The average Bonchev–Trinajstić information content (AvgIpc) is 2.59. The highest BCUT2D eigenvalue weighted by Gasteiger charge is 2.10. The molecule has 78 valence electrons. The zero-order chi connectivity index (χ0) is 11.0. The van der Waals surface area contributed by atoms with Crippen LogP contribution < -0.4 is 0 Å². The van der Waals surface area contributed by atoms with E-state index in [0.29, 0.717) is 5.33 Å². The van der Waals surface area contributed by atoms with Crippen LogP contribution in [0, 0.1) is 6.92 Å². The van der Waals surface area contributed by atoms with Crippen LogP contribution in [0.15, 0.2) is 24.4 Å². The van der Waals surface area contributed by atoms with Gasteiger partial charge in [-0.15, -0.1) is 0 Å². The Kier molecular flexibility index (Phi) is 2.52. The number of nitrogens with zero attached hydrogens (tertiary/aromatic N) is 1. The summed E-state index contributed by atoms with van der Waals surface area (Å²) in [5, 5.41) is 10.6. The average molecular weight is 268 g/mol. The standard InChI is InChI=1S/C11H10BrNO2/c1-7-4-8-2-3-13(11(14)15)10(8)9(5-7)6-12/h2-5H,6H2,1H3,(H,14,15). The number of halogens is 1. The van der Waals surface area contributed by atoms with Crippen molar-refractivity contribution in [2.75, 3.05) is 0 Å². The monoisotopic (exact) mass is 267 g/mol. The van der Waals surface area contributed by atoms with E-state index in [1.54, 1.807) is 6.20 Å². The molecule has 2 aromatic rings. The van der Waals surface area contributed by atoms with E-state index in [9.17, 15) is 4.79 Å². The molecule has 0 atom stereocenters. The first-order valence-corrected chi connectivity index (χ1v) is 5.65. The maximum Gasteiger partial charge on any atom is 0.416 e. The molecule has 0 radical (unpaired) electrons. The quantitative estimate of drug-likeness (QED) is 0.805. The highest BCUT2D eigenvalue weighted by atomic mass is 79.9. The number of aryl methyl sites for hydroxylation is 1. The summed E-state index contributed by atoms with van der Waals surface area (Å²) < 4.78 is 1.26. The minimum Gasteiger partial charge on any atom is -0.464 e. The normalized spacial score (nSPS) is 10.8. The minimum absolute atomic E-state index is 0.655. The van der Waals surface area contributed by atoms with Crippen LogP contribution >= 0.6 is 15.9 Å². The third kappa shape index (κ3) is 1.65. The number of rotatable bonds is 1. The molecule has 0 aliphatic rings. The molecule has 0 aliphatic heterocycles. The van der Waals surface area contributed by atoms with Crippen molar-refractivity contribution in [1.82, 2.24) is 4.57 Å². The highest BCUT2D eigenvalue weighted by molar-refractivity contribution is 9.08. The van der Waals surface area contributed by atoms with E-state index in [0.717, 1.165) is 22.0 Å². The number of alkyl halides is 1. The Morgan fingerprint density at radius 1 is 1.53 bits per heavy atom. The van der Waals surface area contributed by atoms with Gasteiger partial charge in [0.25, 0.3) is 0 Å². The third-order valence-corrected chi connectivity index (χ3v) is 2.96. The highest BCUT2D eigenvalue weighted by Crippen LogP contribution is 2.24. The summed E-state index contributed by atoms with van der Waals surface area (Å²) in [7, 11) is 0. The summed E-state index contributed by atoms with van der Waals surface area (Å²) in [5.41, 5.74) is 2.91. The van der Waals surface area contributed by atoms with E-state index >= 15 is 0 Å². The Morgan fingerprint density at radius 2 is 2.27 bits per heavy atom. The molecule has 2 rings (SSSR count). The number of fused-ring (bicyclic) bond motifs is 1. The van der Waals surface area contributed by atoms with Crippen molar-refractivity contribution in [2.45, 2.75) is 12.3 Å². The fourth-order valence-corrected chi connectivity index (χ4v) is 2.22. The second-order valence-corrected chi connectivity index (χ2v) is 4.02. The van der Waals surface area contributed by atoms with Crippen LogP contribution in [0.1, 0.15) is 11.1 Å². The van der Waals surface area contributed by atoms with Gasteiger partial charge in [0.15, 0.2) is 0 Å². The van der Waals surface area contributed by atoms with Crippen LogP contribution in [0.2, 0.25) is 0 Å². The van der Waals surface area contributed by atoms with E-state index in [-0.39, 0.29) is 0 Å². The second kappa shape index (κ2) is 3.70. The molecule has 0 amide bonds. The van der Waals surface area contributed by atoms with Crippen LogP contribution in [0.5, 0.6) is 0 Å². The number of carbonyl (C=O) groups is 1. The molecule has 0 fully saturated rings. The Balaban J connectivity index is 2.83. The van der Waals surface area contributed by atoms with E-state index in [1.807, 2.05) is 25.1 Å². The number of benzene rings is 1. The van der Waals surface area contributed by atoms with Gasteiger partial charge in [-0.25, -0.2) is 4.79 Å². The van der Waals surface area contributed by atoms with Gasteiger partial charge in [-0.05, 0) is 24.6 Å². The summed E-state index contributed by atoms with van der Waals surface area (Å²) in [6.45, 7) is 2.00. The predicted octanol–water partition coefficient (Wildman–Crippen LogP) is 3.37. The van der Waals surface area contributed by atoms with Crippen LogP contribution in [0.25, 0.3) is 10.9 Å². The molecule has 0 bridgehead atoms. The first-order valence-electron chi connectivity index (χ1n) is 4.53. The van der Waals surface area contributed by atoms with Crippen molar-refractivity contribution < 1.29 is 9.90 Å². The van der Waals surface area contributed by atoms with Crippen molar-refractivity contribution in [2.24, 2.45) is 0 Å². The molecular weight excluding hydrogens is 258 g/mol. The smallest absolute Gasteiger partial charge is 0.416 e. The molecule has 1 aromatic carbocycles.